The summed E-state index contributed by atoms with van der Waals surface area (Å²) in [6.07, 6.45) is 2.16. The summed E-state index contributed by atoms with van der Waals surface area (Å²) in [6.45, 7) is 9.80. The van der Waals surface area contributed by atoms with Gasteiger partial charge in [-0.05, 0) is 61.6 Å². The maximum absolute atomic E-state index is 12.4. The lowest BCUT2D eigenvalue weighted by atomic mass is 10.0. The summed E-state index contributed by atoms with van der Waals surface area (Å²) in [5.41, 5.74) is 2.95. The molecule has 2 N–H and O–H groups in total. The van der Waals surface area contributed by atoms with E-state index in [2.05, 4.69) is 24.5 Å². The summed E-state index contributed by atoms with van der Waals surface area (Å²) in [5.74, 6) is 1.43. The Hall–Kier alpha value is -3.46. The van der Waals surface area contributed by atoms with Gasteiger partial charge in [-0.1, -0.05) is 32.0 Å². The first-order valence-corrected chi connectivity index (χ1v) is 10.6. The number of carbonyl (C=O) groups is 1. The number of carbonyl (C=O) groups excluding carboxylic acids is 1. The molecule has 0 unspecified atom stereocenters. The average molecular weight is 422 g/mol. The van der Waals surface area contributed by atoms with Crippen molar-refractivity contribution in [2.75, 3.05) is 25.1 Å². The first-order chi connectivity index (χ1) is 15.0. The van der Waals surface area contributed by atoms with Crippen LogP contribution in [0.3, 0.4) is 0 Å². The molecule has 0 saturated heterocycles. The van der Waals surface area contributed by atoms with Gasteiger partial charge in [-0.2, -0.15) is 5.26 Å². The molecule has 6 nitrogen and oxygen atoms in total. The van der Waals surface area contributed by atoms with Crippen LogP contribution in [0, 0.1) is 11.3 Å². The highest BCUT2D eigenvalue weighted by Crippen LogP contribution is 2.28. The Labute approximate surface area is 184 Å². The minimum atomic E-state index is -0.438. The number of anilines is 1. The molecular weight excluding hydrogens is 390 g/mol. The Balaban J connectivity index is 1.92. The molecule has 2 rings (SSSR count). The summed E-state index contributed by atoms with van der Waals surface area (Å²) < 4.78 is 11.2. The fraction of sp³-hybridized carbons (Fsp3) is 0.360. The molecule has 6 heteroatoms. The van der Waals surface area contributed by atoms with Gasteiger partial charge in [0.25, 0.3) is 5.91 Å². The van der Waals surface area contributed by atoms with Crippen molar-refractivity contribution in [2.45, 2.75) is 40.0 Å². The number of nitrogens with zero attached hydrogens (tertiary/aromatic N) is 1. The third kappa shape index (κ3) is 7.38. The first-order valence-electron chi connectivity index (χ1n) is 10.6. The second-order valence-corrected chi connectivity index (χ2v) is 7.25. The van der Waals surface area contributed by atoms with E-state index in [-0.39, 0.29) is 5.57 Å². The fourth-order valence-electron chi connectivity index (χ4n) is 2.94. The zero-order chi connectivity index (χ0) is 22.6. The van der Waals surface area contributed by atoms with E-state index >= 15 is 0 Å². The Morgan fingerprint density at radius 3 is 2.35 bits per heavy atom. The van der Waals surface area contributed by atoms with Crippen LogP contribution in [-0.2, 0) is 11.2 Å². The molecule has 0 spiro atoms. The van der Waals surface area contributed by atoms with Crippen molar-refractivity contribution < 1.29 is 14.3 Å². The molecule has 0 aliphatic rings. The number of hydrogen-bond donors (Lipinski definition) is 2. The molecule has 0 aliphatic heterocycles. The van der Waals surface area contributed by atoms with Gasteiger partial charge in [0.1, 0.15) is 11.6 Å². The van der Waals surface area contributed by atoms with Crippen molar-refractivity contribution in [2.24, 2.45) is 0 Å². The monoisotopic (exact) mass is 421 g/mol. The van der Waals surface area contributed by atoms with Crippen LogP contribution in [0.5, 0.6) is 11.5 Å². The molecule has 2 aromatic rings. The predicted molar refractivity (Wildman–Crippen MR) is 123 cm³/mol. The van der Waals surface area contributed by atoms with Crippen molar-refractivity contribution in [1.29, 1.82) is 5.26 Å². The molecule has 31 heavy (non-hydrogen) atoms. The van der Waals surface area contributed by atoms with Crippen LogP contribution in [0.4, 0.5) is 5.69 Å². The van der Waals surface area contributed by atoms with Crippen LogP contribution < -0.4 is 20.1 Å². The lowest BCUT2D eigenvalue weighted by molar-refractivity contribution is -0.112. The van der Waals surface area contributed by atoms with Gasteiger partial charge >= 0.3 is 0 Å². The standard InChI is InChI=1S/C25H31N3O3/c1-5-30-23-12-7-19(15-24(23)31-6-2)13-14-27-17-21(16-26)25(29)28-22-10-8-20(9-11-22)18(3)4/h7-12,15,17-18,27H,5-6,13-14H2,1-4H3,(H,28,29)/b21-17-. The molecule has 0 fully saturated rings. The van der Waals surface area contributed by atoms with E-state index in [1.54, 1.807) is 0 Å². The topological polar surface area (TPSA) is 83.4 Å². The molecule has 0 heterocycles. The maximum Gasteiger partial charge on any atom is 0.267 e. The van der Waals surface area contributed by atoms with E-state index < -0.39 is 5.91 Å². The zero-order valence-electron chi connectivity index (χ0n) is 18.7. The molecule has 0 aliphatic carbocycles. The number of rotatable bonds is 11. The van der Waals surface area contributed by atoms with Crippen molar-refractivity contribution >= 4 is 11.6 Å². The van der Waals surface area contributed by atoms with Crippen molar-refractivity contribution in [3.05, 3.63) is 65.4 Å². The van der Waals surface area contributed by atoms with Crippen LogP contribution in [0.25, 0.3) is 0 Å². The van der Waals surface area contributed by atoms with E-state index in [4.69, 9.17) is 9.47 Å². The molecule has 0 bridgehead atoms. The number of nitrogens with one attached hydrogen (secondary N) is 2. The summed E-state index contributed by atoms with van der Waals surface area (Å²) >= 11 is 0. The largest absolute Gasteiger partial charge is 0.490 e. The van der Waals surface area contributed by atoms with Gasteiger partial charge in [0.15, 0.2) is 11.5 Å². The molecule has 2 aromatic carbocycles. The molecule has 0 aromatic heterocycles. The van der Waals surface area contributed by atoms with E-state index in [1.807, 2.05) is 62.4 Å². The molecular formula is C25H31N3O3. The average Bonchev–Trinajstić information content (AvgIpc) is 2.76. The van der Waals surface area contributed by atoms with Gasteiger partial charge in [0.05, 0.1) is 13.2 Å². The minimum absolute atomic E-state index is 0.0228. The lowest BCUT2D eigenvalue weighted by Gasteiger charge is -2.12. The van der Waals surface area contributed by atoms with Crippen LogP contribution in [0.1, 0.15) is 44.7 Å². The van der Waals surface area contributed by atoms with Crippen LogP contribution in [0.15, 0.2) is 54.2 Å². The van der Waals surface area contributed by atoms with Gasteiger partial charge in [-0.3, -0.25) is 4.79 Å². The normalized spacial score (nSPS) is 11.0. The number of benzene rings is 2. The summed E-state index contributed by atoms with van der Waals surface area (Å²) in [5, 5.41) is 15.1. The molecule has 0 radical (unpaired) electrons. The lowest BCUT2D eigenvalue weighted by Crippen LogP contribution is -2.18. The smallest absolute Gasteiger partial charge is 0.267 e. The Kier molecular flexibility index (Phi) is 9.44. The highest BCUT2D eigenvalue weighted by Gasteiger charge is 2.10. The van der Waals surface area contributed by atoms with Crippen LogP contribution in [-0.4, -0.2) is 25.7 Å². The predicted octanol–water partition coefficient (Wildman–Crippen LogP) is 4.79. The second kappa shape index (κ2) is 12.3. The Morgan fingerprint density at radius 2 is 1.74 bits per heavy atom. The third-order valence-electron chi connectivity index (χ3n) is 4.61. The summed E-state index contributed by atoms with van der Waals surface area (Å²) in [4.78, 5) is 12.4. The van der Waals surface area contributed by atoms with Crippen LogP contribution >= 0.6 is 0 Å². The Bertz CT molecular complexity index is 928. The Morgan fingerprint density at radius 1 is 1.06 bits per heavy atom. The number of hydrogen-bond acceptors (Lipinski definition) is 5. The van der Waals surface area contributed by atoms with Gasteiger partial charge in [0.2, 0.25) is 0 Å². The molecule has 164 valence electrons. The first kappa shape index (κ1) is 23.8. The fourth-order valence-corrected chi connectivity index (χ4v) is 2.94. The molecule has 0 saturated carbocycles. The van der Waals surface area contributed by atoms with Gasteiger partial charge in [-0.15, -0.1) is 0 Å². The van der Waals surface area contributed by atoms with E-state index in [1.165, 1.54) is 11.8 Å². The number of amides is 1. The van der Waals surface area contributed by atoms with Gasteiger partial charge < -0.3 is 20.1 Å². The van der Waals surface area contributed by atoms with E-state index in [0.717, 1.165) is 17.1 Å². The summed E-state index contributed by atoms with van der Waals surface area (Å²) in [7, 11) is 0. The van der Waals surface area contributed by atoms with Crippen molar-refractivity contribution in [3.8, 4) is 17.6 Å². The van der Waals surface area contributed by atoms with E-state index in [9.17, 15) is 10.1 Å². The summed E-state index contributed by atoms with van der Waals surface area (Å²) in [6, 6.07) is 15.4. The minimum Gasteiger partial charge on any atom is -0.490 e. The second-order valence-electron chi connectivity index (χ2n) is 7.25. The zero-order valence-corrected chi connectivity index (χ0v) is 18.7. The van der Waals surface area contributed by atoms with Crippen molar-refractivity contribution in [3.63, 3.8) is 0 Å². The third-order valence-corrected chi connectivity index (χ3v) is 4.61. The molecule has 1 amide bonds. The van der Waals surface area contributed by atoms with E-state index in [0.29, 0.717) is 37.8 Å². The van der Waals surface area contributed by atoms with Crippen molar-refractivity contribution in [1.82, 2.24) is 5.32 Å². The number of nitriles is 1. The van der Waals surface area contributed by atoms with Gasteiger partial charge in [-0.25, -0.2) is 0 Å². The van der Waals surface area contributed by atoms with Crippen LogP contribution in [0.2, 0.25) is 0 Å². The maximum atomic E-state index is 12.4. The quantitative estimate of drug-likeness (QED) is 0.310. The molecule has 0 atom stereocenters. The highest BCUT2D eigenvalue weighted by molar-refractivity contribution is 6.06. The number of ether oxygens (including phenoxy) is 2. The highest BCUT2D eigenvalue weighted by atomic mass is 16.5. The SMILES string of the molecule is CCOc1ccc(CCN/C=C(/C#N)C(=O)Nc2ccc(C(C)C)cc2)cc1OCC. The van der Waals surface area contributed by atoms with Gasteiger partial charge in [0, 0.05) is 18.4 Å².